The fourth-order valence-electron chi connectivity index (χ4n) is 1.43. The van der Waals surface area contributed by atoms with E-state index in [0.29, 0.717) is 6.61 Å². The Morgan fingerprint density at radius 2 is 2.12 bits per heavy atom. The van der Waals surface area contributed by atoms with E-state index in [1.54, 1.807) is 7.11 Å². The van der Waals surface area contributed by atoms with Crippen LogP contribution in [0.1, 0.15) is 25.8 Å². The van der Waals surface area contributed by atoms with Crippen molar-refractivity contribution >= 4 is 22.0 Å². The normalized spacial score (nSPS) is 11.4. The summed E-state index contributed by atoms with van der Waals surface area (Å²) in [7, 11) is 1.66. The van der Waals surface area contributed by atoms with Gasteiger partial charge in [0.15, 0.2) is 11.5 Å². The van der Waals surface area contributed by atoms with E-state index in [1.165, 1.54) is 5.57 Å². The first-order valence-electron chi connectivity index (χ1n) is 5.75. The van der Waals surface area contributed by atoms with Crippen LogP contribution >= 0.6 is 15.9 Å². The maximum Gasteiger partial charge on any atom is 0.161 e. The molecule has 0 N–H and O–H groups in total. The lowest BCUT2D eigenvalue weighted by molar-refractivity contribution is 0.294. The molecular weight excluding hydrogens is 280 g/mol. The van der Waals surface area contributed by atoms with E-state index in [0.717, 1.165) is 28.8 Å². The number of hydrogen-bond acceptors (Lipinski definition) is 2. The highest BCUT2D eigenvalue weighted by molar-refractivity contribution is 9.09. The zero-order valence-electron chi connectivity index (χ0n) is 10.6. The number of halogens is 1. The molecule has 0 aromatic heterocycles. The lowest BCUT2D eigenvalue weighted by Gasteiger charge is -2.10. The fraction of sp³-hybridized carbons (Fsp3) is 0.429. The molecule has 0 heterocycles. The van der Waals surface area contributed by atoms with Gasteiger partial charge in [-0.3, -0.25) is 0 Å². The molecule has 0 fully saturated rings. The van der Waals surface area contributed by atoms with Crippen LogP contribution in [0.5, 0.6) is 11.5 Å². The van der Waals surface area contributed by atoms with Crippen molar-refractivity contribution in [1.82, 2.24) is 0 Å². The van der Waals surface area contributed by atoms with Gasteiger partial charge in [0.05, 0.1) is 13.7 Å². The Balaban J connectivity index is 2.95. The summed E-state index contributed by atoms with van der Waals surface area (Å²) in [6, 6.07) is 5.99. The molecule has 0 aliphatic heterocycles. The van der Waals surface area contributed by atoms with Crippen LogP contribution < -0.4 is 9.47 Å². The molecule has 0 aliphatic carbocycles. The zero-order valence-corrected chi connectivity index (χ0v) is 12.2. The number of rotatable bonds is 6. The van der Waals surface area contributed by atoms with Crippen molar-refractivity contribution in [2.45, 2.75) is 20.3 Å². The summed E-state index contributed by atoms with van der Waals surface area (Å²) in [5, 5.41) is 0.879. The highest BCUT2D eigenvalue weighted by Gasteiger charge is 2.04. The van der Waals surface area contributed by atoms with Crippen molar-refractivity contribution in [1.29, 1.82) is 0 Å². The molecule has 0 saturated heterocycles. The number of allylic oxidation sites excluding steroid dienone is 1. The van der Waals surface area contributed by atoms with Crippen LogP contribution in [0.25, 0.3) is 6.08 Å². The topological polar surface area (TPSA) is 18.5 Å². The minimum absolute atomic E-state index is 0.709. The predicted molar refractivity (Wildman–Crippen MR) is 76.2 cm³/mol. The molecule has 2 nitrogen and oxygen atoms in total. The van der Waals surface area contributed by atoms with E-state index in [1.807, 2.05) is 18.2 Å². The molecule has 17 heavy (non-hydrogen) atoms. The summed E-state index contributed by atoms with van der Waals surface area (Å²) >= 11 is 3.44. The fourth-order valence-corrected chi connectivity index (χ4v) is 1.59. The van der Waals surface area contributed by atoms with Crippen LogP contribution in [0.3, 0.4) is 0 Å². The molecule has 0 bridgehead atoms. The zero-order chi connectivity index (χ0) is 12.7. The summed E-state index contributed by atoms with van der Waals surface area (Å²) in [4.78, 5) is 0. The molecule has 1 aromatic carbocycles. The Labute approximate surface area is 112 Å². The van der Waals surface area contributed by atoms with E-state index in [9.17, 15) is 0 Å². The lowest BCUT2D eigenvalue weighted by Crippen LogP contribution is -1.98. The molecule has 0 spiro atoms. The number of methoxy groups -OCH3 is 1. The van der Waals surface area contributed by atoms with Crippen LogP contribution in [0, 0.1) is 0 Å². The van der Waals surface area contributed by atoms with Gasteiger partial charge in [0.1, 0.15) is 0 Å². The molecule has 0 unspecified atom stereocenters. The van der Waals surface area contributed by atoms with Gasteiger partial charge < -0.3 is 9.47 Å². The predicted octanol–water partition coefficient (Wildman–Crippen LogP) is 4.28. The number of benzene rings is 1. The minimum atomic E-state index is 0.709. The van der Waals surface area contributed by atoms with Crippen molar-refractivity contribution in [2.75, 3.05) is 19.0 Å². The second-order valence-corrected chi connectivity index (χ2v) is 4.44. The third-order valence-electron chi connectivity index (χ3n) is 2.27. The van der Waals surface area contributed by atoms with Gasteiger partial charge in [0.25, 0.3) is 0 Å². The van der Waals surface area contributed by atoms with Crippen molar-refractivity contribution in [3.8, 4) is 11.5 Å². The van der Waals surface area contributed by atoms with Gasteiger partial charge in [0, 0.05) is 5.33 Å². The summed E-state index contributed by atoms with van der Waals surface area (Å²) in [6.45, 7) is 4.89. The molecule has 0 amide bonds. The van der Waals surface area contributed by atoms with Crippen molar-refractivity contribution in [2.24, 2.45) is 0 Å². The third-order valence-corrected chi connectivity index (χ3v) is 3.16. The molecule has 1 aromatic rings. The first-order valence-corrected chi connectivity index (χ1v) is 6.87. The third kappa shape index (κ3) is 4.43. The largest absolute Gasteiger partial charge is 0.493 e. The number of alkyl halides is 1. The smallest absolute Gasteiger partial charge is 0.161 e. The van der Waals surface area contributed by atoms with E-state index >= 15 is 0 Å². The standard InChI is InChI=1S/C14H19BrO2/c1-4-7-17-14-9-12(8-11(2)10-15)5-6-13(14)16-3/h5-6,8-9H,4,7,10H2,1-3H3. The Bertz CT molecular complexity index is 386. The van der Waals surface area contributed by atoms with Crippen molar-refractivity contribution in [3.63, 3.8) is 0 Å². The molecule has 1 rings (SSSR count). The van der Waals surface area contributed by atoms with Gasteiger partial charge in [-0.2, -0.15) is 0 Å². The van der Waals surface area contributed by atoms with Gasteiger partial charge in [-0.15, -0.1) is 0 Å². The van der Waals surface area contributed by atoms with Crippen molar-refractivity contribution in [3.05, 3.63) is 29.3 Å². The van der Waals surface area contributed by atoms with Gasteiger partial charge >= 0.3 is 0 Å². The average molecular weight is 299 g/mol. The molecule has 0 atom stereocenters. The average Bonchev–Trinajstić information content (AvgIpc) is 2.36. The summed E-state index contributed by atoms with van der Waals surface area (Å²) in [5.41, 5.74) is 2.41. The Hall–Kier alpha value is -0.960. The summed E-state index contributed by atoms with van der Waals surface area (Å²) in [6.07, 6.45) is 3.12. The Kier molecular flexibility index (Phi) is 6.12. The van der Waals surface area contributed by atoms with Crippen LogP contribution in [-0.4, -0.2) is 19.0 Å². The van der Waals surface area contributed by atoms with Crippen LogP contribution in [0.15, 0.2) is 23.8 Å². The van der Waals surface area contributed by atoms with Crippen LogP contribution in [0.4, 0.5) is 0 Å². The highest BCUT2D eigenvalue weighted by atomic mass is 79.9. The van der Waals surface area contributed by atoms with E-state index in [-0.39, 0.29) is 0 Å². The van der Waals surface area contributed by atoms with E-state index in [4.69, 9.17) is 9.47 Å². The summed E-state index contributed by atoms with van der Waals surface area (Å²) in [5.74, 6) is 1.59. The molecule has 0 radical (unpaired) electrons. The molecule has 3 heteroatoms. The lowest BCUT2D eigenvalue weighted by atomic mass is 10.1. The van der Waals surface area contributed by atoms with Crippen LogP contribution in [0.2, 0.25) is 0 Å². The summed E-state index contributed by atoms with van der Waals surface area (Å²) < 4.78 is 10.9. The maximum atomic E-state index is 5.67. The first kappa shape index (κ1) is 14.1. The Morgan fingerprint density at radius 1 is 1.35 bits per heavy atom. The number of hydrogen-bond donors (Lipinski definition) is 0. The van der Waals surface area contributed by atoms with Crippen LogP contribution in [-0.2, 0) is 0 Å². The van der Waals surface area contributed by atoms with E-state index < -0.39 is 0 Å². The van der Waals surface area contributed by atoms with Gasteiger partial charge in [0.2, 0.25) is 0 Å². The van der Waals surface area contributed by atoms with Gasteiger partial charge in [-0.1, -0.05) is 40.6 Å². The highest BCUT2D eigenvalue weighted by Crippen LogP contribution is 2.29. The second-order valence-electron chi connectivity index (χ2n) is 3.88. The minimum Gasteiger partial charge on any atom is -0.493 e. The number of ether oxygens (including phenoxy) is 2. The first-order chi connectivity index (χ1) is 8.21. The molecule has 0 aliphatic rings. The second kappa shape index (κ2) is 7.38. The van der Waals surface area contributed by atoms with E-state index in [2.05, 4.69) is 35.9 Å². The SMILES string of the molecule is CCCOc1cc(C=C(C)CBr)ccc1OC. The van der Waals surface area contributed by atoms with Gasteiger partial charge in [-0.05, 0) is 31.0 Å². The maximum absolute atomic E-state index is 5.67. The van der Waals surface area contributed by atoms with Crippen molar-refractivity contribution < 1.29 is 9.47 Å². The Morgan fingerprint density at radius 3 is 2.71 bits per heavy atom. The quantitative estimate of drug-likeness (QED) is 0.730. The molecule has 94 valence electrons. The molecular formula is C14H19BrO2. The van der Waals surface area contributed by atoms with Gasteiger partial charge in [-0.25, -0.2) is 0 Å². The molecule has 0 saturated carbocycles. The monoisotopic (exact) mass is 298 g/mol.